The molecule has 0 saturated carbocycles. The summed E-state index contributed by atoms with van der Waals surface area (Å²) in [6, 6.07) is 0. The van der Waals surface area contributed by atoms with E-state index in [1.807, 2.05) is 0 Å². The molecule has 0 bridgehead atoms. The Morgan fingerprint density at radius 3 is 2.50 bits per heavy atom. The van der Waals surface area contributed by atoms with Crippen molar-refractivity contribution in [2.75, 3.05) is 0 Å². The lowest BCUT2D eigenvalue weighted by molar-refractivity contribution is 0.145. The zero-order chi connectivity index (χ0) is 9.30. The zero-order valence-electron chi connectivity index (χ0n) is 6.39. The van der Waals surface area contributed by atoms with Crippen molar-refractivity contribution < 1.29 is 13.2 Å². The van der Waals surface area contributed by atoms with Gasteiger partial charge in [0.1, 0.15) is 5.69 Å². The molecule has 0 N–H and O–H groups in total. The molecule has 0 aliphatic carbocycles. The lowest BCUT2D eigenvalue weighted by atomic mass is 10.2. The Morgan fingerprint density at radius 1 is 1.58 bits per heavy atom. The summed E-state index contributed by atoms with van der Waals surface area (Å²) >= 11 is 0. The third kappa shape index (κ3) is 1.22. The van der Waals surface area contributed by atoms with Crippen LogP contribution in [0.5, 0.6) is 0 Å². The third-order valence-corrected chi connectivity index (χ3v) is 1.45. The second-order valence-corrected chi connectivity index (χ2v) is 2.22. The number of halogens is 3. The first-order chi connectivity index (χ1) is 5.57. The molecule has 0 radical (unpaired) electrons. The van der Waals surface area contributed by atoms with E-state index in [4.69, 9.17) is 0 Å². The molecule has 1 aromatic rings. The van der Waals surface area contributed by atoms with Gasteiger partial charge in [0.05, 0.1) is 5.56 Å². The van der Waals surface area contributed by atoms with Gasteiger partial charge in [0.25, 0.3) is 6.43 Å². The highest BCUT2D eigenvalue weighted by Gasteiger charge is 2.20. The van der Waals surface area contributed by atoms with Crippen molar-refractivity contribution in [2.45, 2.75) is 6.43 Å². The molecule has 0 aromatic carbocycles. The van der Waals surface area contributed by atoms with E-state index < -0.39 is 18.1 Å². The van der Waals surface area contributed by atoms with Gasteiger partial charge in [0.2, 0.25) is 5.95 Å². The molecule has 2 nitrogen and oxygen atoms in total. The molecule has 0 unspecified atom stereocenters. The van der Waals surface area contributed by atoms with Crippen LogP contribution in [0.4, 0.5) is 13.2 Å². The Hall–Kier alpha value is -1.26. The van der Waals surface area contributed by atoms with Crippen molar-refractivity contribution in [1.29, 1.82) is 0 Å². The van der Waals surface area contributed by atoms with Crippen molar-refractivity contribution in [3.8, 4) is 0 Å². The molecule has 1 aromatic heterocycles. The lowest BCUT2D eigenvalue weighted by Gasteiger charge is -1.92. The first kappa shape index (κ1) is 8.83. The Balaban J connectivity index is 3.29. The normalized spacial score (nSPS) is 10.8. The lowest BCUT2D eigenvalue weighted by Crippen LogP contribution is -1.94. The highest BCUT2D eigenvalue weighted by atomic mass is 19.3. The summed E-state index contributed by atoms with van der Waals surface area (Å²) in [5, 5.41) is 3.30. The highest BCUT2D eigenvalue weighted by Crippen LogP contribution is 2.23. The van der Waals surface area contributed by atoms with E-state index >= 15 is 0 Å². The van der Waals surface area contributed by atoms with Crippen molar-refractivity contribution in [1.82, 2.24) is 9.78 Å². The van der Waals surface area contributed by atoms with Crippen LogP contribution in [0.3, 0.4) is 0 Å². The van der Waals surface area contributed by atoms with Gasteiger partial charge in [0.15, 0.2) is 0 Å². The topological polar surface area (TPSA) is 17.8 Å². The molecule has 0 saturated heterocycles. The van der Waals surface area contributed by atoms with Gasteiger partial charge in [-0.05, 0) is 0 Å². The smallest absolute Gasteiger partial charge is 0.242 e. The Morgan fingerprint density at radius 2 is 2.17 bits per heavy atom. The molecule has 1 rings (SSSR count). The van der Waals surface area contributed by atoms with Gasteiger partial charge in [-0.1, -0.05) is 12.7 Å². The summed E-state index contributed by atoms with van der Waals surface area (Å²) in [5.74, 6) is -0.791. The van der Waals surface area contributed by atoms with E-state index in [1.165, 1.54) is 7.05 Å². The zero-order valence-corrected chi connectivity index (χ0v) is 6.39. The number of aryl methyl sites for hydroxylation is 1. The maximum atomic E-state index is 12.9. The van der Waals surface area contributed by atoms with Gasteiger partial charge in [-0.25, -0.2) is 13.5 Å². The molecule has 12 heavy (non-hydrogen) atoms. The monoisotopic (exact) mass is 176 g/mol. The molecule has 66 valence electrons. The average Bonchev–Trinajstić information content (AvgIpc) is 2.29. The molecule has 0 aliphatic rings. The second kappa shape index (κ2) is 3.00. The standard InChI is InChI=1S/C7H7F3N2/c1-3-4-5(6(8)9)11-12(2)7(4)10/h3,6H,1H2,2H3. The third-order valence-electron chi connectivity index (χ3n) is 1.45. The minimum Gasteiger partial charge on any atom is -0.242 e. The molecule has 5 heteroatoms. The fraction of sp³-hybridized carbons (Fsp3) is 0.286. The van der Waals surface area contributed by atoms with E-state index in [2.05, 4.69) is 11.7 Å². The van der Waals surface area contributed by atoms with Gasteiger partial charge < -0.3 is 0 Å². The van der Waals surface area contributed by atoms with Crippen LogP contribution in [0.15, 0.2) is 6.58 Å². The molecular formula is C7H7F3N2. The van der Waals surface area contributed by atoms with E-state index in [-0.39, 0.29) is 5.56 Å². The van der Waals surface area contributed by atoms with Crippen LogP contribution < -0.4 is 0 Å². The predicted molar refractivity (Wildman–Crippen MR) is 38.2 cm³/mol. The summed E-state index contributed by atoms with van der Waals surface area (Å²) in [6.45, 7) is 3.22. The predicted octanol–water partition coefficient (Wildman–Crippen LogP) is 2.14. The van der Waals surface area contributed by atoms with Gasteiger partial charge in [0, 0.05) is 7.05 Å². The molecule has 0 fully saturated rings. The minimum absolute atomic E-state index is 0.229. The van der Waals surface area contributed by atoms with Gasteiger partial charge >= 0.3 is 0 Å². The number of hydrogen-bond acceptors (Lipinski definition) is 1. The van der Waals surface area contributed by atoms with E-state index in [9.17, 15) is 13.2 Å². The second-order valence-electron chi connectivity index (χ2n) is 2.22. The summed E-state index contributed by atoms with van der Waals surface area (Å²) in [7, 11) is 1.26. The first-order valence-corrected chi connectivity index (χ1v) is 3.21. The van der Waals surface area contributed by atoms with Gasteiger partial charge in [-0.2, -0.15) is 9.49 Å². The van der Waals surface area contributed by atoms with Gasteiger partial charge in [-0.15, -0.1) is 0 Å². The molecule has 1 heterocycles. The maximum absolute atomic E-state index is 12.9. The largest absolute Gasteiger partial charge is 0.282 e. The van der Waals surface area contributed by atoms with Crippen LogP contribution >= 0.6 is 0 Å². The number of aromatic nitrogens is 2. The fourth-order valence-corrected chi connectivity index (χ4v) is 0.889. The van der Waals surface area contributed by atoms with Crippen LogP contribution in [-0.2, 0) is 7.05 Å². The van der Waals surface area contributed by atoms with Crippen LogP contribution in [0.25, 0.3) is 6.08 Å². The average molecular weight is 176 g/mol. The van der Waals surface area contributed by atoms with Crippen molar-refractivity contribution in [3.63, 3.8) is 0 Å². The Kier molecular flexibility index (Phi) is 2.21. The molecular weight excluding hydrogens is 169 g/mol. The molecule has 0 aliphatic heterocycles. The van der Waals surface area contributed by atoms with Crippen molar-refractivity contribution in [2.24, 2.45) is 7.05 Å². The summed E-state index contributed by atoms with van der Waals surface area (Å²) in [4.78, 5) is 0. The number of alkyl halides is 2. The molecule has 0 spiro atoms. The van der Waals surface area contributed by atoms with E-state index in [0.717, 1.165) is 10.8 Å². The maximum Gasteiger partial charge on any atom is 0.282 e. The SMILES string of the molecule is C=Cc1c(C(F)F)nn(C)c1F. The fourth-order valence-electron chi connectivity index (χ4n) is 0.889. The van der Waals surface area contributed by atoms with Crippen molar-refractivity contribution >= 4 is 6.08 Å². The Bertz CT molecular complexity index is 304. The van der Waals surface area contributed by atoms with Crippen LogP contribution in [0, 0.1) is 5.95 Å². The van der Waals surface area contributed by atoms with Crippen LogP contribution in [0.2, 0.25) is 0 Å². The summed E-state index contributed by atoms with van der Waals surface area (Å²) in [5.41, 5.74) is -0.794. The van der Waals surface area contributed by atoms with Crippen molar-refractivity contribution in [3.05, 3.63) is 23.8 Å². The number of rotatable bonds is 2. The van der Waals surface area contributed by atoms with E-state index in [1.54, 1.807) is 0 Å². The number of nitrogens with zero attached hydrogens (tertiary/aromatic N) is 2. The van der Waals surface area contributed by atoms with Crippen LogP contribution in [-0.4, -0.2) is 9.78 Å². The molecule has 0 atom stereocenters. The summed E-state index contributed by atoms with van der Waals surface area (Å²) in [6.07, 6.45) is -1.74. The molecule has 0 amide bonds. The quantitative estimate of drug-likeness (QED) is 0.675. The van der Waals surface area contributed by atoms with Gasteiger partial charge in [-0.3, -0.25) is 0 Å². The van der Waals surface area contributed by atoms with Crippen LogP contribution in [0.1, 0.15) is 17.7 Å². The first-order valence-electron chi connectivity index (χ1n) is 3.21. The Labute approximate surface area is 67.3 Å². The minimum atomic E-state index is -2.77. The number of hydrogen-bond donors (Lipinski definition) is 0. The van der Waals surface area contributed by atoms with E-state index in [0.29, 0.717) is 0 Å². The summed E-state index contributed by atoms with van der Waals surface area (Å²) < 4.78 is 37.9. The highest BCUT2D eigenvalue weighted by molar-refractivity contribution is 5.49.